The van der Waals surface area contributed by atoms with Gasteiger partial charge in [-0.25, -0.2) is 19.2 Å². The van der Waals surface area contributed by atoms with Crippen molar-refractivity contribution in [1.82, 2.24) is 19.9 Å². The van der Waals surface area contributed by atoms with Gasteiger partial charge in [0.15, 0.2) is 11.5 Å². The molecule has 0 bridgehead atoms. The number of pyridine rings is 1. The molecule has 0 aliphatic heterocycles. The van der Waals surface area contributed by atoms with Crippen LogP contribution >= 0.6 is 0 Å². The summed E-state index contributed by atoms with van der Waals surface area (Å²) < 4.78 is 31.4. The maximum atomic E-state index is 13.9. The number of unbranched alkanes of at least 4 members (excludes halogenated alkanes) is 3. The Kier molecular flexibility index (Phi) is 13.1. The highest BCUT2D eigenvalue weighted by atomic mass is 19.1. The molecular formula is C39H42FN7O6. The van der Waals surface area contributed by atoms with E-state index < -0.39 is 23.8 Å². The number of carbonyl (C=O) groups excluding carboxylic acids is 3. The minimum atomic E-state index is -0.683. The molecule has 0 spiro atoms. The summed E-state index contributed by atoms with van der Waals surface area (Å²) >= 11 is 0. The Morgan fingerprint density at radius 1 is 0.943 bits per heavy atom. The third-order valence-electron chi connectivity index (χ3n) is 8.36. The zero-order valence-electron chi connectivity index (χ0n) is 29.9. The summed E-state index contributed by atoms with van der Waals surface area (Å²) in [5.74, 6) is -0.525. The van der Waals surface area contributed by atoms with E-state index in [2.05, 4.69) is 22.5 Å². The first kappa shape index (κ1) is 37.9. The van der Waals surface area contributed by atoms with Gasteiger partial charge in [0.05, 0.1) is 37.7 Å². The van der Waals surface area contributed by atoms with Crippen LogP contribution in [0.1, 0.15) is 60.8 Å². The maximum Gasteiger partial charge on any atom is 0.412 e. The number of hydrogen-bond acceptors (Lipinski definition) is 10. The van der Waals surface area contributed by atoms with Crippen LogP contribution in [0.3, 0.4) is 0 Å². The number of nitrogens with zero attached hydrogens (tertiary/aromatic N) is 4. The van der Waals surface area contributed by atoms with Crippen molar-refractivity contribution in [3.05, 3.63) is 108 Å². The number of hydrogen-bond donors (Lipinski definition) is 3. The van der Waals surface area contributed by atoms with Crippen LogP contribution in [0, 0.1) is 11.2 Å². The third kappa shape index (κ3) is 10.2. The number of halogens is 1. The fraction of sp³-hybridized carbons (Fsp3) is 0.282. The van der Waals surface area contributed by atoms with E-state index in [0.29, 0.717) is 41.4 Å². The van der Waals surface area contributed by atoms with Gasteiger partial charge in [-0.15, -0.1) is 0 Å². The van der Waals surface area contributed by atoms with Gasteiger partial charge >= 0.3 is 12.1 Å². The molecule has 0 aliphatic rings. The molecule has 3 N–H and O–H groups in total. The number of anilines is 2. The molecule has 14 heteroatoms. The Morgan fingerprint density at radius 2 is 1.74 bits per heavy atom. The lowest BCUT2D eigenvalue weighted by Crippen LogP contribution is -2.34. The predicted octanol–water partition coefficient (Wildman–Crippen LogP) is 7.00. The first-order chi connectivity index (χ1) is 25.7. The number of aromatic nitrogens is 3. The van der Waals surface area contributed by atoms with Crippen LogP contribution in [0.2, 0.25) is 0 Å². The van der Waals surface area contributed by atoms with E-state index in [4.69, 9.17) is 24.6 Å². The Morgan fingerprint density at radius 3 is 2.47 bits per heavy atom. The number of amidine groups is 1. The fourth-order valence-corrected chi connectivity index (χ4v) is 5.48. The molecule has 3 aromatic carbocycles. The fourth-order valence-electron chi connectivity index (χ4n) is 5.48. The molecule has 276 valence electrons. The molecule has 53 heavy (non-hydrogen) atoms. The van der Waals surface area contributed by atoms with Crippen LogP contribution in [-0.2, 0) is 23.1 Å². The molecule has 2 amide bonds. The Labute approximate surface area is 306 Å². The lowest BCUT2D eigenvalue weighted by molar-refractivity contribution is -0.134. The van der Waals surface area contributed by atoms with Gasteiger partial charge in [0.25, 0.3) is 5.91 Å². The summed E-state index contributed by atoms with van der Waals surface area (Å²) in [6.07, 6.45) is 4.68. The molecule has 0 saturated carbocycles. The van der Waals surface area contributed by atoms with Crippen molar-refractivity contribution in [2.24, 2.45) is 7.05 Å². The largest absolute Gasteiger partial charge is 0.493 e. The molecule has 0 radical (unpaired) electrons. The molecule has 13 nitrogen and oxygen atoms in total. The van der Waals surface area contributed by atoms with Crippen LogP contribution in [0.5, 0.6) is 11.5 Å². The molecule has 0 aliphatic carbocycles. The number of benzene rings is 3. The highest BCUT2D eigenvalue weighted by Crippen LogP contribution is 2.28. The first-order valence-electron chi connectivity index (χ1n) is 17.3. The van der Waals surface area contributed by atoms with Gasteiger partial charge in [-0.05, 0) is 73.2 Å². The molecule has 0 unspecified atom stereocenters. The van der Waals surface area contributed by atoms with Crippen molar-refractivity contribution >= 4 is 46.3 Å². The highest BCUT2D eigenvalue weighted by Gasteiger charge is 2.22. The summed E-state index contributed by atoms with van der Waals surface area (Å²) in [6.45, 7) is 2.74. The van der Waals surface area contributed by atoms with Crippen molar-refractivity contribution in [3.8, 4) is 11.5 Å². The summed E-state index contributed by atoms with van der Waals surface area (Å²) in [6, 6.07) is 21.0. The Hall–Kier alpha value is -6.31. The number of aryl methyl sites for hydroxylation is 1. The van der Waals surface area contributed by atoms with Gasteiger partial charge < -0.3 is 24.1 Å². The zero-order valence-corrected chi connectivity index (χ0v) is 29.9. The van der Waals surface area contributed by atoms with Crippen LogP contribution in [0.4, 0.5) is 20.7 Å². The van der Waals surface area contributed by atoms with Gasteiger partial charge in [-0.1, -0.05) is 32.3 Å². The summed E-state index contributed by atoms with van der Waals surface area (Å²) in [7, 11) is 3.27. The summed E-state index contributed by atoms with van der Waals surface area (Å²) in [4.78, 5) is 49.2. The average Bonchev–Trinajstić information content (AvgIpc) is 3.48. The molecule has 0 saturated heterocycles. The van der Waals surface area contributed by atoms with E-state index >= 15 is 0 Å². The molecule has 5 rings (SSSR count). The second-order valence-corrected chi connectivity index (χ2v) is 12.1. The number of imidazole rings is 1. The number of rotatable bonds is 16. The normalized spacial score (nSPS) is 10.8. The highest BCUT2D eigenvalue weighted by molar-refractivity contribution is 6.07. The smallest absolute Gasteiger partial charge is 0.412 e. The van der Waals surface area contributed by atoms with Crippen molar-refractivity contribution in [2.75, 3.05) is 30.5 Å². The second kappa shape index (κ2) is 18.3. The number of methoxy groups -OCH3 is 1. The van der Waals surface area contributed by atoms with Crippen LogP contribution < -0.4 is 25.0 Å². The number of fused-ring (bicyclic) bond motifs is 1. The Balaban J connectivity index is 1.22. The lowest BCUT2D eigenvalue weighted by Gasteiger charge is -2.21. The van der Waals surface area contributed by atoms with E-state index in [1.165, 1.54) is 24.1 Å². The van der Waals surface area contributed by atoms with Crippen molar-refractivity contribution in [1.29, 1.82) is 5.41 Å². The van der Waals surface area contributed by atoms with E-state index in [-0.39, 0.29) is 30.3 Å². The first-order valence-corrected chi connectivity index (χ1v) is 17.3. The maximum absolute atomic E-state index is 13.9. The summed E-state index contributed by atoms with van der Waals surface area (Å²) in [5.41, 5.74) is 3.06. The van der Waals surface area contributed by atoms with Gasteiger partial charge in [0.2, 0.25) is 0 Å². The minimum Gasteiger partial charge on any atom is -0.493 e. The number of esters is 1. The van der Waals surface area contributed by atoms with E-state index in [1.807, 2.05) is 17.7 Å². The quantitative estimate of drug-likeness (QED) is 0.0320. The van der Waals surface area contributed by atoms with Crippen LogP contribution in [-0.4, -0.2) is 58.6 Å². The molecule has 2 aromatic heterocycles. The van der Waals surface area contributed by atoms with Gasteiger partial charge in [0.1, 0.15) is 23.3 Å². The standard InChI is InChI=1S/C39H42FN7O6/c1-4-5-6-9-22-52-39(50)45-37(41)26-11-15-29(16-12-26)43-25-35-44-30-23-27(13-17-31(30)46(35)2)38(49)47(34-10-7-8-20-42-34)21-19-36(48)53-33-24-28(40)14-18-32(33)51-3/h7-8,10-18,20,23-24,43H,4-6,9,19,21-22,25H2,1-3H3,(H2,41,45,50). The predicted molar refractivity (Wildman–Crippen MR) is 199 cm³/mol. The van der Waals surface area contributed by atoms with E-state index in [1.54, 1.807) is 60.8 Å². The molecule has 0 fully saturated rings. The summed E-state index contributed by atoms with van der Waals surface area (Å²) in [5, 5.41) is 14.0. The zero-order chi connectivity index (χ0) is 37.7. The van der Waals surface area contributed by atoms with E-state index in [9.17, 15) is 18.8 Å². The van der Waals surface area contributed by atoms with Gasteiger partial charge in [0, 0.05) is 42.7 Å². The number of alkyl carbamates (subject to hydrolysis) is 1. The minimum absolute atomic E-state index is 0.0538. The third-order valence-corrected chi connectivity index (χ3v) is 8.36. The van der Waals surface area contributed by atoms with Gasteiger partial charge in [-0.3, -0.25) is 25.2 Å². The molecule has 0 atom stereocenters. The van der Waals surface area contributed by atoms with Crippen molar-refractivity contribution < 1.29 is 33.0 Å². The molecule has 5 aromatic rings. The Bertz CT molecular complexity index is 2050. The average molecular weight is 724 g/mol. The second-order valence-electron chi connectivity index (χ2n) is 12.1. The van der Waals surface area contributed by atoms with Crippen molar-refractivity contribution in [3.63, 3.8) is 0 Å². The van der Waals surface area contributed by atoms with Crippen LogP contribution in [0.25, 0.3) is 11.0 Å². The monoisotopic (exact) mass is 723 g/mol. The topological polar surface area (TPSA) is 161 Å². The number of amides is 2. The number of ether oxygens (including phenoxy) is 3. The lowest BCUT2D eigenvalue weighted by atomic mass is 10.1. The number of carbonyl (C=O) groups is 3. The van der Waals surface area contributed by atoms with Crippen molar-refractivity contribution in [2.45, 2.75) is 45.6 Å². The SMILES string of the molecule is CCCCCCOC(=O)NC(=N)c1ccc(NCc2nc3cc(C(=O)N(CCC(=O)Oc4cc(F)ccc4OC)c4ccccn4)ccc3n2C)cc1. The van der Waals surface area contributed by atoms with E-state index in [0.717, 1.165) is 43.0 Å². The number of nitrogens with one attached hydrogen (secondary N) is 3. The molecular weight excluding hydrogens is 681 g/mol. The molecule has 2 heterocycles. The van der Waals surface area contributed by atoms with Gasteiger partial charge in [-0.2, -0.15) is 0 Å². The van der Waals surface area contributed by atoms with Crippen LogP contribution in [0.15, 0.2) is 85.1 Å².